The summed E-state index contributed by atoms with van der Waals surface area (Å²) in [6, 6.07) is 3.98. The van der Waals surface area contributed by atoms with Crippen LogP contribution in [0.5, 0.6) is 0 Å². The van der Waals surface area contributed by atoms with Crippen LogP contribution in [0.1, 0.15) is 25.8 Å². The highest BCUT2D eigenvalue weighted by atomic mass is 16.6. The summed E-state index contributed by atoms with van der Waals surface area (Å²) in [6.07, 6.45) is 0.533. The van der Waals surface area contributed by atoms with Gasteiger partial charge in [-0.15, -0.1) is 0 Å². The fourth-order valence-corrected chi connectivity index (χ4v) is 1.74. The molecule has 0 aromatic heterocycles. The molecule has 0 bridgehead atoms. The number of anilines is 1. The Hall–Kier alpha value is -1.95. The molecule has 0 radical (unpaired) electrons. The Bertz CT molecular complexity index is 486. The molecule has 1 amide bonds. The molecule has 1 aromatic rings. The van der Waals surface area contributed by atoms with Gasteiger partial charge in [-0.05, 0) is 30.9 Å². The summed E-state index contributed by atoms with van der Waals surface area (Å²) in [5.74, 6) is -0.116. The number of aryl methyl sites for hydroxylation is 1. The van der Waals surface area contributed by atoms with Gasteiger partial charge in [-0.1, -0.05) is 19.9 Å². The number of nitrogens with one attached hydrogen (secondary N) is 1. The fraction of sp³-hybridized carbons (Fsp3) is 0.462. The number of benzene rings is 1. The van der Waals surface area contributed by atoms with Gasteiger partial charge in [0.15, 0.2) is 0 Å². The van der Waals surface area contributed by atoms with Crippen molar-refractivity contribution < 1.29 is 9.72 Å². The molecule has 0 spiro atoms. The third-order valence-corrected chi connectivity index (χ3v) is 2.67. The standard InChI is InChI=1S/C13H19N3O3/c1-8(2)6-10(14)13(17)15-11-5-4-9(3)7-12(11)16(18)19/h4-5,7-8,10H,6,14H2,1-3H3,(H,15,17)/t10-/m0/s1. The fourth-order valence-electron chi connectivity index (χ4n) is 1.74. The van der Waals surface area contributed by atoms with Crippen LogP contribution in [0.25, 0.3) is 0 Å². The average Bonchev–Trinajstić information content (AvgIpc) is 2.30. The van der Waals surface area contributed by atoms with Crippen molar-refractivity contribution in [3.63, 3.8) is 0 Å². The number of amides is 1. The van der Waals surface area contributed by atoms with Gasteiger partial charge in [-0.3, -0.25) is 14.9 Å². The van der Waals surface area contributed by atoms with Gasteiger partial charge in [0, 0.05) is 6.07 Å². The summed E-state index contributed by atoms with van der Waals surface area (Å²) in [6.45, 7) is 5.67. The number of hydrogen-bond acceptors (Lipinski definition) is 4. The van der Waals surface area contributed by atoms with E-state index in [1.165, 1.54) is 12.1 Å². The number of carbonyl (C=O) groups excluding carboxylic acids is 1. The number of nitrogens with two attached hydrogens (primary N) is 1. The lowest BCUT2D eigenvalue weighted by atomic mass is 10.0. The van der Waals surface area contributed by atoms with Crippen molar-refractivity contribution in [2.45, 2.75) is 33.2 Å². The van der Waals surface area contributed by atoms with E-state index in [-0.39, 0.29) is 17.3 Å². The van der Waals surface area contributed by atoms with E-state index >= 15 is 0 Å². The van der Waals surface area contributed by atoms with Gasteiger partial charge in [0.2, 0.25) is 5.91 Å². The average molecular weight is 265 g/mol. The second-order valence-corrected chi connectivity index (χ2v) is 5.00. The van der Waals surface area contributed by atoms with E-state index < -0.39 is 16.9 Å². The Morgan fingerprint density at radius 3 is 2.63 bits per heavy atom. The molecule has 0 aliphatic heterocycles. The molecule has 1 atom stereocenters. The van der Waals surface area contributed by atoms with Crippen LogP contribution in [0.15, 0.2) is 18.2 Å². The molecule has 0 fully saturated rings. The third kappa shape index (κ3) is 4.33. The number of hydrogen-bond donors (Lipinski definition) is 2. The van der Waals surface area contributed by atoms with Crippen LogP contribution in [0.4, 0.5) is 11.4 Å². The van der Waals surface area contributed by atoms with E-state index in [1.807, 2.05) is 13.8 Å². The predicted octanol–water partition coefficient (Wildman–Crippen LogP) is 2.22. The van der Waals surface area contributed by atoms with Gasteiger partial charge in [-0.2, -0.15) is 0 Å². The number of nitro groups is 1. The molecule has 104 valence electrons. The smallest absolute Gasteiger partial charge is 0.293 e. The van der Waals surface area contributed by atoms with Crippen LogP contribution >= 0.6 is 0 Å². The van der Waals surface area contributed by atoms with Gasteiger partial charge < -0.3 is 11.1 Å². The maximum absolute atomic E-state index is 11.8. The van der Waals surface area contributed by atoms with Gasteiger partial charge in [0.1, 0.15) is 5.69 Å². The molecule has 6 heteroatoms. The maximum Gasteiger partial charge on any atom is 0.293 e. The van der Waals surface area contributed by atoms with E-state index in [9.17, 15) is 14.9 Å². The van der Waals surface area contributed by atoms with Crippen molar-refractivity contribution in [3.05, 3.63) is 33.9 Å². The first-order chi connectivity index (χ1) is 8.81. The minimum atomic E-state index is -0.666. The monoisotopic (exact) mass is 265 g/mol. The zero-order valence-corrected chi connectivity index (χ0v) is 11.3. The van der Waals surface area contributed by atoms with Gasteiger partial charge >= 0.3 is 0 Å². The predicted molar refractivity (Wildman–Crippen MR) is 73.9 cm³/mol. The zero-order valence-electron chi connectivity index (χ0n) is 11.3. The minimum absolute atomic E-state index is 0.120. The molecule has 3 N–H and O–H groups in total. The Labute approximate surface area is 112 Å². The van der Waals surface area contributed by atoms with Gasteiger partial charge in [-0.25, -0.2) is 0 Å². The first-order valence-corrected chi connectivity index (χ1v) is 6.12. The quantitative estimate of drug-likeness (QED) is 0.630. The lowest BCUT2D eigenvalue weighted by molar-refractivity contribution is -0.384. The molecule has 1 rings (SSSR count). The number of nitrogens with zero attached hydrogens (tertiary/aromatic N) is 1. The van der Waals surface area contributed by atoms with E-state index in [0.717, 1.165) is 5.56 Å². The minimum Gasteiger partial charge on any atom is -0.320 e. The van der Waals surface area contributed by atoms with E-state index in [1.54, 1.807) is 13.0 Å². The molecule has 0 aliphatic carbocycles. The Morgan fingerprint density at radius 1 is 1.47 bits per heavy atom. The summed E-state index contributed by atoms with van der Waals surface area (Å²) in [5.41, 5.74) is 6.56. The number of nitro benzene ring substituents is 1. The second-order valence-electron chi connectivity index (χ2n) is 5.00. The summed E-state index contributed by atoms with van der Waals surface area (Å²) >= 11 is 0. The van der Waals surface area contributed by atoms with Crippen molar-refractivity contribution in [1.29, 1.82) is 0 Å². The topological polar surface area (TPSA) is 98.3 Å². The highest BCUT2D eigenvalue weighted by Crippen LogP contribution is 2.25. The summed E-state index contributed by atoms with van der Waals surface area (Å²) in [5, 5.41) is 13.4. The lowest BCUT2D eigenvalue weighted by Gasteiger charge is -2.14. The van der Waals surface area contributed by atoms with Gasteiger partial charge in [0.05, 0.1) is 11.0 Å². The molecule has 6 nitrogen and oxygen atoms in total. The van der Waals surface area contributed by atoms with Crippen molar-refractivity contribution in [2.75, 3.05) is 5.32 Å². The van der Waals surface area contributed by atoms with Gasteiger partial charge in [0.25, 0.3) is 5.69 Å². The Kier molecular flexibility index (Phi) is 5.00. The summed E-state index contributed by atoms with van der Waals surface area (Å²) in [7, 11) is 0. The molecule has 0 aliphatic rings. The molecule has 0 heterocycles. The highest BCUT2D eigenvalue weighted by Gasteiger charge is 2.20. The van der Waals surface area contributed by atoms with E-state index in [4.69, 9.17) is 5.73 Å². The number of rotatable bonds is 5. The maximum atomic E-state index is 11.8. The normalized spacial score (nSPS) is 12.3. The third-order valence-electron chi connectivity index (χ3n) is 2.67. The Balaban J connectivity index is 2.87. The Morgan fingerprint density at radius 2 is 2.11 bits per heavy atom. The molecule has 19 heavy (non-hydrogen) atoms. The molecule has 1 aromatic carbocycles. The summed E-state index contributed by atoms with van der Waals surface area (Å²) in [4.78, 5) is 22.3. The molecule has 0 unspecified atom stereocenters. The largest absolute Gasteiger partial charge is 0.320 e. The second kappa shape index (κ2) is 6.29. The zero-order chi connectivity index (χ0) is 14.6. The molecular weight excluding hydrogens is 246 g/mol. The van der Waals surface area contributed by atoms with Crippen LogP contribution in [-0.4, -0.2) is 16.9 Å². The van der Waals surface area contributed by atoms with Crippen LogP contribution < -0.4 is 11.1 Å². The van der Waals surface area contributed by atoms with Crippen molar-refractivity contribution >= 4 is 17.3 Å². The number of carbonyl (C=O) groups is 1. The van der Waals surface area contributed by atoms with Crippen LogP contribution in [0.2, 0.25) is 0 Å². The molecule has 0 saturated heterocycles. The molecular formula is C13H19N3O3. The van der Waals surface area contributed by atoms with Crippen LogP contribution in [-0.2, 0) is 4.79 Å². The van der Waals surface area contributed by atoms with Crippen molar-refractivity contribution in [3.8, 4) is 0 Å². The first-order valence-electron chi connectivity index (χ1n) is 6.12. The summed E-state index contributed by atoms with van der Waals surface area (Å²) < 4.78 is 0. The van der Waals surface area contributed by atoms with Crippen LogP contribution in [0.3, 0.4) is 0 Å². The van der Waals surface area contributed by atoms with Crippen molar-refractivity contribution in [2.24, 2.45) is 11.7 Å². The molecule has 0 saturated carbocycles. The lowest BCUT2D eigenvalue weighted by Crippen LogP contribution is -2.36. The van der Waals surface area contributed by atoms with E-state index in [0.29, 0.717) is 6.42 Å². The SMILES string of the molecule is Cc1ccc(NC(=O)[C@@H](N)CC(C)C)c([N+](=O)[O-])c1. The van der Waals surface area contributed by atoms with Crippen LogP contribution in [0, 0.1) is 23.0 Å². The highest BCUT2D eigenvalue weighted by molar-refractivity contribution is 5.96. The van der Waals surface area contributed by atoms with E-state index in [2.05, 4.69) is 5.32 Å². The first kappa shape index (κ1) is 15.1. The van der Waals surface area contributed by atoms with Crippen molar-refractivity contribution in [1.82, 2.24) is 0 Å².